The standard InChI is InChI=1S/C22H26N2O3/c1-14(2)15-5-7-16(8-6-15)23-21(25)27-17-9-10-19-18(13-17)22(3)11-12-26-20(22)24(19)4/h5-10,13-14,20H,11-12H2,1-4H3,(H,23,25)/t20-,22-/m1/s1. The van der Waals surface area contributed by atoms with Crippen LogP contribution in [0.3, 0.4) is 0 Å². The van der Waals surface area contributed by atoms with Gasteiger partial charge in [-0.2, -0.15) is 0 Å². The Bertz CT molecular complexity index is 862. The Morgan fingerprint density at radius 3 is 2.70 bits per heavy atom. The highest BCUT2D eigenvalue weighted by Crippen LogP contribution is 2.51. The quantitative estimate of drug-likeness (QED) is 0.841. The monoisotopic (exact) mass is 366 g/mol. The first-order valence-electron chi connectivity index (χ1n) is 9.46. The minimum atomic E-state index is -0.483. The molecule has 1 N–H and O–H groups in total. The lowest BCUT2D eigenvalue weighted by molar-refractivity contribution is 0.0920. The molecule has 5 nitrogen and oxygen atoms in total. The Morgan fingerprint density at radius 1 is 1.26 bits per heavy atom. The van der Waals surface area contributed by atoms with Gasteiger partial charge in [0.1, 0.15) is 12.0 Å². The van der Waals surface area contributed by atoms with Gasteiger partial charge in [0.05, 0.1) is 6.61 Å². The maximum atomic E-state index is 12.3. The second-order valence-corrected chi connectivity index (χ2v) is 7.97. The molecule has 2 aliphatic heterocycles. The zero-order chi connectivity index (χ0) is 19.2. The van der Waals surface area contributed by atoms with E-state index >= 15 is 0 Å². The predicted molar refractivity (Wildman–Crippen MR) is 107 cm³/mol. The lowest BCUT2D eigenvalue weighted by atomic mass is 9.82. The average Bonchev–Trinajstić information content (AvgIpc) is 3.12. The van der Waals surface area contributed by atoms with Gasteiger partial charge in [0.25, 0.3) is 0 Å². The minimum absolute atomic E-state index is 0.0519. The van der Waals surface area contributed by atoms with E-state index in [9.17, 15) is 4.79 Å². The van der Waals surface area contributed by atoms with Crippen LogP contribution < -0.4 is 15.0 Å². The van der Waals surface area contributed by atoms with E-state index in [0.29, 0.717) is 11.7 Å². The second kappa shape index (κ2) is 6.57. The summed E-state index contributed by atoms with van der Waals surface area (Å²) < 4.78 is 11.4. The summed E-state index contributed by atoms with van der Waals surface area (Å²) >= 11 is 0. The number of benzene rings is 2. The van der Waals surface area contributed by atoms with Crippen molar-refractivity contribution in [3.8, 4) is 5.75 Å². The van der Waals surface area contributed by atoms with E-state index in [-0.39, 0.29) is 11.6 Å². The first-order valence-corrected chi connectivity index (χ1v) is 9.46. The third-order valence-electron chi connectivity index (χ3n) is 5.79. The van der Waals surface area contributed by atoms with Crippen molar-refractivity contribution >= 4 is 17.5 Å². The van der Waals surface area contributed by atoms with E-state index in [1.807, 2.05) is 49.5 Å². The topological polar surface area (TPSA) is 50.8 Å². The molecule has 0 bridgehead atoms. The van der Waals surface area contributed by atoms with Crippen molar-refractivity contribution in [2.75, 3.05) is 23.9 Å². The second-order valence-electron chi connectivity index (χ2n) is 7.97. The molecule has 2 aliphatic rings. The summed E-state index contributed by atoms with van der Waals surface area (Å²) in [7, 11) is 2.05. The summed E-state index contributed by atoms with van der Waals surface area (Å²) in [6.07, 6.45) is 0.534. The fraction of sp³-hybridized carbons (Fsp3) is 0.409. The molecule has 0 saturated carbocycles. The van der Waals surface area contributed by atoms with Gasteiger partial charge < -0.3 is 14.4 Å². The van der Waals surface area contributed by atoms with Gasteiger partial charge in [-0.05, 0) is 53.8 Å². The first kappa shape index (κ1) is 17.9. The number of carbonyl (C=O) groups is 1. The van der Waals surface area contributed by atoms with Gasteiger partial charge in [0.15, 0.2) is 0 Å². The summed E-state index contributed by atoms with van der Waals surface area (Å²) in [5.74, 6) is 1.01. The van der Waals surface area contributed by atoms with Crippen molar-refractivity contribution < 1.29 is 14.3 Å². The van der Waals surface area contributed by atoms with Crippen LogP contribution >= 0.6 is 0 Å². The van der Waals surface area contributed by atoms with Crippen molar-refractivity contribution in [1.29, 1.82) is 0 Å². The van der Waals surface area contributed by atoms with Gasteiger partial charge >= 0.3 is 6.09 Å². The van der Waals surface area contributed by atoms with Crippen LogP contribution in [0.1, 0.15) is 44.2 Å². The number of hydrogen-bond donors (Lipinski definition) is 1. The van der Waals surface area contributed by atoms with E-state index in [2.05, 4.69) is 31.0 Å². The Balaban J connectivity index is 1.48. The molecular formula is C22H26N2O3. The lowest BCUT2D eigenvalue weighted by Crippen LogP contribution is -2.37. The number of ether oxygens (including phenoxy) is 2. The Kier molecular flexibility index (Phi) is 4.35. The van der Waals surface area contributed by atoms with E-state index in [1.165, 1.54) is 11.1 Å². The molecule has 2 aromatic carbocycles. The van der Waals surface area contributed by atoms with Crippen molar-refractivity contribution in [2.45, 2.75) is 44.8 Å². The smallest absolute Gasteiger partial charge is 0.410 e. The highest BCUT2D eigenvalue weighted by Gasteiger charge is 2.50. The molecule has 1 fully saturated rings. The fourth-order valence-corrected chi connectivity index (χ4v) is 4.17. The summed E-state index contributed by atoms with van der Waals surface area (Å²) in [5, 5.41) is 2.79. The molecule has 5 heteroatoms. The molecule has 0 unspecified atom stereocenters. The SMILES string of the molecule is CC(C)c1ccc(NC(=O)Oc2ccc3c(c2)[C@@]2(C)CCO[C@H]2N3C)cc1. The van der Waals surface area contributed by atoms with Crippen LogP contribution in [-0.4, -0.2) is 26.0 Å². The number of anilines is 2. The number of carbonyl (C=O) groups excluding carboxylic acids is 1. The van der Waals surface area contributed by atoms with Gasteiger partial charge in [-0.1, -0.05) is 32.9 Å². The Morgan fingerprint density at radius 2 is 2.00 bits per heavy atom. The summed E-state index contributed by atoms with van der Waals surface area (Å²) in [6, 6.07) is 13.6. The van der Waals surface area contributed by atoms with Crippen LogP contribution in [-0.2, 0) is 10.2 Å². The zero-order valence-electron chi connectivity index (χ0n) is 16.3. The molecule has 1 saturated heterocycles. The molecule has 0 aliphatic carbocycles. The first-order chi connectivity index (χ1) is 12.9. The molecule has 0 aromatic heterocycles. The van der Waals surface area contributed by atoms with Gasteiger partial charge in [0, 0.05) is 23.8 Å². The highest BCUT2D eigenvalue weighted by atomic mass is 16.6. The number of fused-ring (bicyclic) bond motifs is 3. The molecule has 27 heavy (non-hydrogen) atoms. The van der Waals surface area contributed by atoms with E-state index in [4.69, 9.17) is 9.47 Å². The van der Waals surface area contributed by atoms with Crippen molar-refractivity contribution in [1.82, 2.24) is 0 Å². The number of likely N-dealkylation sites (N-methyl/N-ethyl adjacent to an activating group) is 1. The van der Waals surface area contributed by atoms with E-state index in [0.717, 1.165) is 24.4 Å². The van der Waals surface area contributed by atoms with Crippen LogP contribution in [0.15, 0.2) is 42.5 Å². The lowest BCUT2D eigenvalue weighted by Gasteiger charge is -2.26. The number of hydrogen-bond acceptors (Lipinski definition) is 4. The normalized spacial score (nSPS) is 23.3. The van der Waals surface area contributed by atoms with Crippen molar-refractivity contribution in [3.63, 3.8) is 0 Å². The Hall–Kier alpha value is -2.53. The van der Waals surface area contributed by atoms with Gasteiger partial charge in [-0.15, -0.1) is 0 Å². The molecule has 2 atom stereocenters. The van der Waals surface area contributed by atoms with Crippen LogP contribution in [0.25, 0.3) is 0 Å². The van der Waals surface area contributed by atoms with Crippen LogP contribution in [0, 0.1) is 0 Å². The molecular weight excluding hydrogens is 340 g/mol. The predicted octanol–water partition coefficient (Wildman–Crippen LogP) is 4.87. The molecule has 2 heterocycles. The van der Waals surface area contributed by atoms with Gasteiger partial charge in [0.2, 0.25) is 0 Å². The summed E-state index contributed by atoms with van der Waals surface area (Å²) in [6.45, 7) is 7.25. The van der Waals surface area contributed by atoms with Crippen molar-refractivity contribution in [2.24, 2.45) is 0 Å². The molecule has 0 radical (unpaired) electrons. The van der Waals surface area contributed by atoms with Crippen LogP contribution in [0.4, 0.5) is 16.2 Å². The average molecular weight is 366 g/mol. The summed E-state index contributed by atoms with van der Waals surface area (Å²) in [4.78, 5) is 14.5. The largest absolute Gasteiger partial charge is 0.417 e. The Labute approximate surface area is 160 Å². The molecule has 142 valence electrons. The van der Waals surface area contributed by atoms with Crippen molar-refractivity contribution in [3.05, 3.63) is 53.6 Å². The third kappa shape index (κ3) is 3.06. The third-order valence-corrected chi connectivity index (χ3v) is 5.79. The maximum Gasteiger partial charge on any atom is 0.417 e. The maximum absolute atomic E-state index is 12.3. The van der Waals surface area contributed by atoms with E-state index in [1.54, 1.807) is 0 Å². The molecule has 4 rings (SSSR count). The minimum Gasteiger partial charge on any atom is -0.410 e. The molecule has 2 aromatic rings. The molecule has 0 spiro atoms. The molecule has 1 amide bonds. The van der Waals surface area contributed by atoms with Crippen LogP contribution in [0.2, 0.25) is 0 Å². The van der Waals surface area contributed by atoms with Gasteiger partial charge in [-0.25, -0.2) is 4.79 Å². The highest BCUT2D eigenvalue weighted by molar-refractivity contribution is 5.86. The van der Waals surface area contributed by atoms with Gasteiger partial charge in [-0.3, -0.25) is 5.32 Å². The number of nitrogens with one attached hydrogen (secondary N) is 1. The number of nitrogens with zero attached hydrogens (tertiary/aromatic N) is 1. The zero-order valence-corrected chi connectivity index (χ0v) is 16.3. The number of amides is 1. The summed E-state index contributed by atoms with van der Waals surface area (Å²) in [5.41, 5.74) is 4.21. The van der Waals surface area contributed by atoms with Crippen LogP contribution in [0.5, 0.6) is 5.75 Å². The number of rotatable bonds is 3. The van der Waals surface area contributed by atoms with E-state index < -0.39 is 6.09 Å². The fourth-order valence-electron chi connectivity index (χ4n) is 4.17.